The Hall–Kier alpha value is -4.42. The van der Waals surface area contributed by atoms with Gasteiger partial charge in [-0.25, -0.2) is 0 Å². The van der Waals surface area contributed by atoms with Crippen LogP contribution in [0, 0.1) is 27.7 Å². The number of hydrogen-bond donors (Lipinski definition) is 6. The summed E-state index contributed by atoms with van der Waals surface area (Å²) >= 11 is 0. The van der Waals surface area contributed by atoms with Crippen molar-refractivity contribution in [1.29, 1.82) is 0 Å². The van der Waals surface area contributed by atoms with E-state index in [1.165, 1.54) is 48.2 Å². The average molecular weight is 649 g/mol. The quantitative estimate of drug-likeness (QED) is 0.0984. The molecule has 0 saturated heterocycles. The van der Waals surface area contributed by atoms with Gasteiger partial charge in [0.15, 0.2) is 11.2 Å². The van der Waals surface area contributed by atoms with Crippen molar-refractivity contribution in [2.45, 2.75) is 65.1 Å². The van der Waals surface area contributed by atoms with Crippen molar-refractivity contribution < 1.29 is 36.6 Å². The number of aryl methyl sites for hydroxylation is 4. The largest absolute Gasteiger partial charge is 0.421 e. The zero-order chi connectivity index (χ0) is 35.2. The first-order valence-corrected chi connectivity index (χ1v) is 14.0. The van der Waals surface area contributed by atoms with Gasteiger partial charge in [-0.1, -0.05) is 12.1 Å². The number of aliphatic hydroxyl groups is 2. The minimum Gasteiger partial charge on any atom is -0.399 e. The van der Waals surface area contributed by atoms with Crippen molar-refractivity contribution in [1.82, 2.24) is 0 Å². The highest BCUT2D eigenvalue weighted by Crippen LogP contribution is 2.46. The zero-order valence-electron chi connectivity index (χ0n) is 26.2. The third-order valence-electron chi connectivity index (χ3n) is 8.03. The summed E-state index contributed by atoms with van der Waals surface area (Å²) in [5.41, 5.74) is 21.7. The maximum atomic E-state index is 13.3. The summed E-state index contributed by atoms with van der Waals surface area (Å²) < 4.78 is 80.0. The summed E-state index contributed by atoms with van der Waals surface area (Å²) in [6, 6.07) is 16.3. The van der Waals surface area contributed by atoms with Crippen molar-refractivity contribution >= 4 is 22.7 Å². The van der Waals surface area contributed by atoms with Crippen LogP contribution in [0.25, 0.3) is 22.3 Å². The van der Waals surface area contributed by atoms with E-state index >= 15 is 0 Å². The Bertz CT molecular complexity index is 1630. The Morgan fingerprint density at radius 1 is 0.457 bits per heavy atom. The SMILES string of the molecule is Cc1cc(N)c(C(C)(O)C(F)(F)F)cc1-c1cc(C(C)(O)C(F)(F)F)c(N)cc1C.Cc1cc(N)ccc1-c1ccc(N)cc1C. The fourth-order valence-electron chi connectivity index (χ4n) is 5.17. The van der Waals surface area contributed by atoms with E-state index in [0.717, 1.165) is 23.5 Å². The highest BCUT2D eigenvalue weighted by atomic mass is 19.4. The Morgan fingerprint density at radius 3 is 1.00 bits per heavy atom. The highest BCUT2D eigenvalue weighted by molar-refractivity contribution is 5.78. The minimum absolute atomic E-state index is 0.112. The Labute approximate surface area is 263 Å². The first-order chi connectivity index (χ1) is 20.9. The molecule has 0 radical (unpaired) electrons. The lowest BCUT2D eigenvalue weighted by atomic mass is 9.84. The number of nitrogens with two attached hydrogens (primary N) is 4. The summed E-state index contributed by atoms with van der Waals surface area (Å²) in [5.74, 6) is 0. The van der Waals surface area contributed by atoms with E-state index in [9.17, 15) is 36.6 Å². The monoisotopic (exact) mass is 648 g/mol. The number of alkyl halides is 6. The topological polar surface area (TPSA) is 145 Å². The molecule has 0 saturated carbocycles. The van der Waals surface area contributed by atoms with Crippen molar-refractivity contribution in [3.63, 3.8) is 0 Å². The number of nitrogen functional groups attached to an aromatic ring is 4. The smallest absolute Gasteiger partial charge is 0.399 e. The van der Waals surface area contributed by atoms with Gasteiger partial charge in [-0.2, -0.15) is 26.3 Å². The van der Waals surface area contributed by atoms with Crippen LogP contribution in [0.5, 0.6) is 0 Å². The van der Waals surface area contributed by atoms with E-state index in [1.807, 2.05) is 24.3 Å². The van der Waals surface area contributed by atoms with Gasteiger partial charge in [-0.3, -0.25) is 0 Å². The highest BCUT2D eigenvalue weighted by Gasteiger charge is 2.53. The molecule has 0 aromatic heterocycles. The standard InChI is InChI=1S/C20H22F6N2O2.C14H16N2/c1-9-5-15(27)13(17(3,29)19(21,22)23)7-11(9)12-8-14(16(28)6-10(12)2)18(4,30)20(24,25)26;1-9-7-11(15)3-5-13(9)14-6-4-12(16)8-10(14)2/h5-8,29-30H,27-28H2,1-4H3;3-8H,15-16H2,1-2H3. The molecular formula is C34H38F6N4O2. The molecule has 0 heterocycles. The molecule has 12 heteroatoms. The third-order valence-corrected chi connectivity index (χ3v) is 8.03. The predicted octanol–water partition coefficient (Wildman–Crippen LogP) is 7.81. The zero-order valence-corrected chi connectivity index (χ0v) is 26.2. The van der Waals surface area contributed by atoms with E-state index < -0.39 is 34.7 Å². The van der Waals surface area contributed by atoms with E-state index in [1.54, 1.807) is 0 Å². The van der Waals surface area contributed by atoms with E-state index in [0.29, 0.717) is 25.0 Å². The maximum absolute atomic E-state index is 13.3. The van der Waals surface area contributed by atoms with Gasteiger partial charge in [-0.15, -0.1) is 0 Å². The van der Waals surface area contributed by atoms with E-state index in [-0.39, 0.29) is 22.5 Å². The van der Waals surface area contributed by atoms with Gasteiger partial charge < -0.3 is 33.1 Å². The van der Waals surface area contributed by atoms with Gasteiger partial charge in [0.05, 0.1) is 0 Å². The Kier molecular flexibility index (Phi) is 9.72. The molecule has 4 aromatic rings. The first kappa shape index (κ1) is 36.1. The molecule has 0 amide bonds. The summed E-state index contributed by atoms with van der Waals surface area (Å²) in [4.78, 5) is 0. The summed E-state index contributed by atoms with van der Waals surface area (Å²) in [6.07, 6.45) is -10.1. The molecule has 2 unspecified atom stereocenters. The van der Waals surface area contributed by atoms with Crippen LogP contribution < -0.4 is 22.9 Å². The first-order valence-electron chi connectivity index (χ1n) is 14.0. The molecule has 46 heavy (non-hydrogen) atoms. The number of hydrogen-bond acceptors (Lipinski definition) is 6. The van der Waals surface area contributed by atoms with Crippen LogP contribution in [0.2, 0.25) is 0 Å². The van der Waals surface area contributed by atoms with Gasteiger partial charge in [0.1, 0.15) is 0 Å². The van der Waals surface area contributed by atoms with Gasteiger partial charge >= 0.3 is 12.4 Å². The fraction of sp³-hybridized carbons (Fsp3) is 0.294. The number of anilines is 4. The molecule has 248 valence electrons. The third kappa shape index (κ3) is 7.02. The molecule has 0 bridgehead atoms. The Balaban J connectivity index is 0.000000300. The van der Waals surface area contributed by atoms with Gasteiger partial charge in [-0.05, 0) is 135 Å². The van der Waals surface area contributed by atoms with Crippen molar-refractivity contribution in [2.75, 3.05) is 22.9 Å². The van der Waals surface area contributed by atoms with Crippen molar-refractivity contribution in [3.8, 4) is 22.3 Å². The summed E-state index contributed by atoms with van der Waals surface area (Å²) in [5, 5.41) is 20.1. The molecule has 0 aliphatic carbocycles. The van der Waals surface area contributed by atoms with Crippen LogP contribution in [-0.4, -0.2) is 22.6 Å². The molecule has 0 fully saturated rings. The summed E-state index contributed by atoms with van der Waals surface area (Å²) in [6.45, 7) is 8.23. The molecule has 0 spiro atoms. The molecule has 10 N–H and O–H groups in total. The van der Waals surface area contributed by atoms with Gasteiger partial charge in [0, 0.05) is 33.9 Å². The van der Waals surface area contributed by atoms with Crippen LogP contribution >= 0.6 is 0 Å². The van der Waals surface area contributed by atoms with Crippen LogP contribution in [0.3, 0.4) is 0 Å². The lowest BCUT2D eigenvalue weighted by molar-refractivity contribution is -0.258. The van der Waals surface area contributed by atoms with Crippen molar-refractivity contribution in [3.05, 3.63) is 94.0 Å². The molecule has 2 atom stereocenters. The molecule has 0 aliphatic rings. The normalized spacial score (nSPS) is 14.6. The molecule has 6 nitrogen and oxygen atoms in total. The van der Waals surface area contributed by atoms with Crippen LogP contribution in [-0.2, 0) is 11.2 Å². The second-order valence-electron chi connectivity index (χ2n) is 11.8. The predicted molar refractivity (Wildman–Crippen MR) is 172 cm³/mol. The average Bonchev–Trinajstić information content (AvgIpc) is 2.89. The van der Waals surface area contributed by atoms with Crippen LogP contribution in [0.4, 0.5) is 49.1 Å². The lowest BCUT2D eigenvalue weighted by Gasteiger charge is -2.30. The summed E-state index contributed by atoms with van der Waals surface area (Å²) in [7, 11) is 0. The van der Waals surface area contributed by atoms with Gasteiger partial charge in [0.2, 0.25) is 0 Å². The molecule has 4 aromatic carbocycles. The molecule has 4 rings (SSSR count). The van der Waals surface area contributed by atoms with E-state index in [4.69, 9.17) is 22.9 Å². The number of benzene rings is 4. The maximum Gasteiger partial charge on any atom is 0.421 e. The number of rotatable bonds is 4. The van der Waals surface area contributed by atoms with Crippen LogP contribution in [0.1, 0.15) is 47.2 Å². The number of halogens is 6. The second kappa shape index (κ2) is 12.4. The van der Waals surface area contributed by atoms with Crippen molar-refractivity contribution in [2.24, 2.45) is 0 Å². The van der Waals surface area contributed by atoms with E-state index in [2.05, 4.69) is 26.0 Å². The van der Waals surface area contributed by atoms with Gasteiger partial charge in [0.25, 0.3) is 0 Å². The molecular weight excluding hydrogens is 610 g/mol. The fourth-order valence-corrected chi connectivity index (χ4v) is 5.17. The minimum atomic E-state index is -5.05. The second-order valence-corrected chi connectivity index (χ2v) is 11.8. The lowest BCUT2D eigenvalue weighted by Crippen LogP contribution is -2.40. The van der Waals surface area contributed by atoms with Crippen LogP contribution in [0.15, 0.2) is 60.7 Å². The molecule has 0 aliphatic heterocycles. The Morgan fingerprint density at radius 2 is 0.739 bits per heavy atom.